The number of carbonyl (C=O) groups excluding carboxylic acids is 1. The summed E-state index contributed by atoms with van der Waals surface area (Å²) in [5.41, 5.74) is 4.54. The Morgan fingerprint density at radius 2 is 1.68 bits per heavy atom. The van der Waals surface area contributed by atoms with Crippen LogP contribution in [0.4, 0.5) is 11.4 Å². The van der Waals surface area contributed by atoms with Crippen LogP contribution in [0.15, 0.2) is 47.3 Å². The van der Waals surface area contributed by atoms with Gasteiger partial charge >= 0.3 is 0 Å². The number of anilines is 2. The highest BCUT2D eigenvalue weighted by atomic mass is 16.1. The van der Waals surface area contributed by atoms with Gasteiger partial charge < -0.3 is 15.2 Å². The van der Waals surface area contributed by atoms with Crippen molar-refractivity contribution in [1.29, 1.82) is 0 Å². The minimum Gasteiger partial charge on any atom is -0.378 e. The van der Waals surface area contributed by atoms with Crippen LogP contribution in [-0.2, 0) is 0 Å². The highest BCUT2D eigenvalue weighted by Gasteiger charge is 2.09. The lowest BCUT2D eigenvalue weighted by Crippen LogP contribution is -2.14. The number of fused-ring (bicyclic) bond motifs is 1. The van der Waals surface area contributed by atoms with Gasteiger partial charge in [-0.1, -0.05) is 6.07 Å². The van der Waals surface area contributed by atoms with E-state index in [1.54, 1.807) is 25.1 Å². The molecule has 2 aromatic carbocycles. The normalized spacial score (nSPS) is 10.7. The molecule has 0 aliphatic carbocycles. The summed E-state index contributed by atoms with van der Waals surface area (Å²) in [6.45, 7) is 3.73. The molecule has 1 heterocycles. The third-order valence-corrected chi connectivity index (χ3v) is 4.48. The van der Waals surface area contributed by atoms with Crippen LogP contribution in [0.25, 0.3) is 10.9 Å². The molecule has 5 heteroatoms. The van der Waals surface area contributed by atoms with E-state index in [0.717, 1.165) is 16.6 Å². The van der Waals surface area contributed by atoms with Crippen LogP contribution in [0.3, 0.4) is 0 Å². The predicted molar refractivity (Wildman–Crippen MR) is 103 cm³/mol. The van der Waals surface area contributed by atoms with Gasteiger partial charge in [0.15, 0.2) is 0 Å². The lowest BCUT2D eigenvalue weighted by atomic mass is 10.1. The largest absolute Gasteiger partial charge is 0.378 e. The molecule has 0 unspecified atom stereocenters. The number of carbonyl (C=O) groups is 1. The predicted octanol–water partition coefficient (Wildman–Crippen LogP) is 3.46. The van der Waals surface area contributed by atoms with Crippen molar-refractivity contribution in [3.8, 4) is 0 Å². The Morgan fingerprint density at radius 3 is 2.32 bits per heavy atom. The molecule has 0 bridgehead atoms. The van der Waals surface area contributed by atoms with E-state index in [2.05, 4.69) is 10.3 Å². The van der Waals surface area contributed by atoms with Crippen LogP contribution in [0.2, 0.25) is 0 Å². The van der Waals surface area contributed by atoms with Gasteiger partial charge in [-0.2, -0.15) is 0 Å². The first-order valence-electron chi connectivity index (χ1n) is 8.09. The summed E-state index contributed by atoms with van der Waals surface area (Å²) in [5, 5.41) is 3.86. The van der Waals surface area contributed by atoms with Gasteiger partial charge in [0.25, 0.3) is 11.5 Å². The Bertz CT molecular complexity index is 1000. The number of aromatic amines is 1. The summed E-state index contributed by atoms with van der Waals surface area (Å²) in [5.74, 6) is -0.184. The maximum absolute atomic E-state index is 12.4. The van der Waals surface area contributed by atoms with Gasteiger partial charge in [-0.3, -0.25) is 9.59 Å². The fraction of sp³-hybridized carbons (Fsp3) is 0.200. The van der Waals surface area contributed by atoms with Crippen molar-refractivity contribution in [3.63, 3.8) is 0 Å². The summed E-state index contributed by atoms with van der Waals surface area (Å²) < 4.78 is 0. The van der Waals surface area contributed by atoms with E-state index in [1.165, 1.54) is 0 Å². The summed E-state index contributed by atoms with van der Waals surface area (Å²) in [6.07, 6.45) is 0. The van der Waals surface area contributed by atoms with Gasteiger partial charge in [-0.05, 0) is 55.8 Å². The summed E-state index contributed by atoms with van der Waals surface area (Å²) in [6, 6.07) is 12.9. The molecule has 2 N–H and O–H groups in total. The fourth-order valence-corrected chi connectivity index (χ4v) is 2.76. The van der Waals surface area contributed by atoms with E-state index in [-0.39, 0.29) is 11.5 Å². The summed E-state index contributed by atoms with van der Waals surface area (Å²) in [7, 11) is 3.91. The van der Waals surface area contributed by atoms with E-state index in [1.807, 2.05) is 50.2 Å². The second-order valence-corrected chi connectivity index (χ2v) is 6.36. The quantitative estimate of drug-likeness (QED) is 0.770. The summed E-state index contributed by atoms with van der Waals surface area (Å²) in [4.78, 5) is 29.2. The molecular formula is C20H21N3O2. The Morgan fingerprint density at radius 1 is 1.00 bits per heavy atom. The smallest absolute Gasteiger partial charge is 0.255 e. The Hall–Kier alpha value is -3.08. The Kier molecular flexibility index (Phi) is 4.31. The maximum atomic E-state index is 12.4. The number of amides is 1. The molecule has 0 atom stereocenters. The minimum atomic E-state index is -0.184. The SMILES string of the molecule is Cc1c(C)c2ccc(NC(=O)c3ccc(N(C)C)cc3)cc2[nH]c1=O. The summed E-state index contributed by atoms with van der Waals surface area (Å²) >= 11 is 0. The molecule has 128 valence electrons. The molecule has 25 heavy (non-hydrogen) atoms. The van der Waals surface area contributed by atoms with Crippen molar-refractivity contribution in [3.05, 3.63) is 69.5 Å². The van der Waals surface area contributed by atoms with Crippen LogP contribution in [-0.4, -0.2) is 25.0 Å². The second kappa shape index (κ2) is 6.43. The monoisotopic (exact) mass is 335 g/mol. The number of hydrogen-bond acceptors (Lipinski definition) is 3. The first-order valence-corrected chi connectivity index (χ1v) is 8.09. The number of benzene rings is 2. The van der Waals surface area contributed by atoms with Crippen LogP contribution < -0.4 is 15.8 Å². The molecule has 3 aromatic rings. The fourth-order valence-electron chi connectivity index (χ4n) is 2.76. The zero-order chi connectivity index (χ0) is 18.1. The molecule has 0 saturated heterocycles. The number of aryl methyl sites for hydroxylation is 1. The van der Waals surface area contributed by atoms with Crippen LogP contribution in [0.1, 0.15) is 21.5 Å². The van der Waals surface area contributed by atoms with Gasteiger partial charge in [0.2, 0.25) is 0 Å². The molecule has 0 aliphatic rings. The number of aromatic nitrogens is 1. The third-order valence-electron chi connectivity index (χ3n) is 4.48. The minimum absolute atomic E-state index is 0.104. The Labute approximate surface area is 146 Å². The lowest BCUT2D eigenvalue weighted by Gasteiger charge is -2.13. The lowest BCUT2D eigenvalue weighted by molar-refractivity contribution is 0.102. The van der Waals surface area contributed by atoms with Gasteiger partial charge in [0, 0.05) is 42.0 Å². The number of nitrogens with one attached hydrogen (secondary N) is 2. The third kappa shape index (κ3) is 3.26. The van der Waals surface area contributed by atoms with Gasteiger partial charge in [0.05, 0.1) is 5.52 Å². The van der Waals surface area contributed by atoms with Crippen molar-refractivity contribution in [1.82, 2.24) is 4.98 Å². The first kappa shape index (κ1) is 16.8. The topological polar surface area (TPSA) is 65.2 Å². The molecule has 0 saturated carbocycles. The van der Waals surface area contributed by atoms with E-state index in [4.69, 9.17) is 0 Å². The number of hydrogen-bond donors (Lipinski definition) is 2. The van der Waals surface area contributed by atoms with Gasteiger partial charge in [0.1, 0.15) is 0 Å². The number of rotatable bonds is 3. The number of pyridine rings is 1. The maximum Gasteiger partial charge on any atom is 0.255 e. The zero-order valence-electron chi connectivity index (χ0n) is 14.8. The average molecular weight is 335 g/mol. The first-order chi connectivity index (χ1) is 11.9. The molecule has 1 amide bonds. The molecule has 0 radical (unpaired) electrons. The highest BCUT2D eigenvalue weighted by Crippen LogP contribution is 2.21. The van der Waals surface area contributed by atoms with E-state index in [9.17, 15) is 9.59 Å². The molecule has 3 rings (SSSR count). The average Bonchev–Trinajstić information content (AvgIpc) is 2.59. The molecule has 0 fully saturated rings. The molecule has 1 aromatic heterocycles. The van der Waals surface area contributed by atoms with E-state index >= 15 is 0 Å². The van der Waals surface area contributed by atoms with Crippen LogP contribution in [0, 0.1) is 13.8 Å². The Balaban J connectivity index is 1.88. The van der Waals surface area contributed by atoms with E-state index < -0.39 is 0 Å². The standard InChI is InChI=1S/C20H21N3O2/c1-12-13(2)19(24)22-18-11-15(7-10-17(12)18)21-20(25)14-5-8-16(9-6-14)23(3)4/h5-11H,1-4H3,(H,21,25)(H,22,24). The second-order valence-electron chi connectivity index (χ2n) is 6.36. The van der Waals surface area contributed by atoms with Crippen molar-refractivity contribution >= 4 is 28.2 Å². The molecule has 0 spiro atoms. The zero-order valence-corrected chi connectivity index (χ0v) is 14.8. The van der Waals surface area contributed by atoms with Crippen molar-refractivity contribution in [2.75, 3.05) is 24.3 Å². The van der Waals surface area contributed by atoms with Crippen molar-refractivity contribution in [2.45, 2.75) is 13.8 Å². The van der Waals surface area contributed by atoms with Crippen molar-refractivity contribution < 1.29 is 4.79 Å². The van der Waals surface area contributed by atoms with E-state index in [0.29, 0.717) is 22.3 Å². The van der Waals surface area contributed by atoms with Crippen LogP contribution >= 0.6 is 0 Å². The van der Waals surface area contributed by atoms with Crippen molar-refractivity contribution in [2.24, 2.45) is 0 Å². The van der Waals surface area contributed by atoms with Crippen LogP contribution in [0.5, 0.6) is 0 Å². The highest BCUT2D eigenvalue weighted by molar-refractivity contribution is 6.05. The van der Waals surface area contributed by atoms with Gasteiger partial charge in [-0.25, -0.2) is 0 Å². The number of nitrogens with zero attached hydrogens (tertiary/aromatic N) is 1. The van der Waals surface area contributed by atoms with Gasteiger partial charge in [-0.15, -0.1) is 0 Å². The molecular weight excluding hydrogens is 314 g/mol. The number of H-pyrrole nitrogens is 1. The molecule has 0 aliphatic heterocycles. The molecule has 5 nitrogen and oxygen atoms in total.